The van der Waals surface area contributed by atoms with Crippen LogP contribution in [-0.4, -0.2) is 11.8 Å². The van der Waals surface area contributed by atoms with Crippen LogP contribution >= 0.6 is 0 Å². The number of rotatable bonds is 6. The SMILES string of the molecule is CC(=O)Oc1cccc(C(=O)c2ccc(OCc3ccc4ccccc4c3)cc2)c1. The molecule has 0 heterocycles. The van der Waals surface area contributed by atoms with Gasteiger partial charge >= 0.3 is 5.97 Å². The molecule has 0 aliphatic carbocycles. The third-order valence-electron chi connectivity index (χ3n) is 4.69. The molecule has 0 aromatic heterocycles. The first-order valence-electron chi connectivity index (χ1n) is 9.62. The summed E-state index contributed by atoms with van der Waals surface area (Å²) in [7, 11) is 0. The van der Waals surface area contributed by atoms with Crippen LogP contribution < -0.4 is 9.47 Å². The summed E-state index contributed by atoms with van der Waals surface area (Å²) in [5.74, 6) is 0.467. The molecular weight excluding hydrogens is 376 g/mol. The Labute approximate surface area is 174 Å². The molecule has 0 N–H and O–H groups in total. The Hall–Kier alpha value is -3.92. The molecule has 0 bridgehead atoms. The van der Waals surface area contributed by atoms with Crippen molar-refractivity contribution in [1.82, 2.24) is 0 Å². The predicted molar refractivity (Wildman–Crippen MR) is 116 cm³/mol. The number of hydrogen-bond donors (Lipinski definition) is 0. The van der Waals surface area contributed by atoms with Gasteiger partial charge in [0.1, 0.15) is 18.1 Å². The van der Waals surface area contributed by atoms with Crippen molar-refractivity contribution in [2.45, 2.75) is 13.5 Å². The van der Waals surface area contributed by atoms with E-state index in [1.54, 1.807) is 48.5 Å². The van der Waals surface area contributed by atoms with Crippen LogP contribution in [0.15, 0.2) is 91.0 Å². The summed E-state index contributed by atoms with van der Waals surface area (Å²) in [6.45, 7) is 1.77. The van der Waals surface area contributed by atoms with Gasteiger partial charge in [0.2, 0.25) is 0 Å². The smallest absolute Gasteiger partial charge is 0.308 e. The molecule has 4 rings (SSSR count). The van der Waals surface area contributed by atoms with Gasteiger partial charge in [-0.1, -0.05) is 48.5 Å². The van der Waals surface area contributed by atoms with Crippen molar-refractivity contribution < 1.29 is 19.1 Å². The van der Waals surface area contributed by atoms with Crippen LogP contribution in [0.5, 0.6) is 11.5 Å². The van der Waals surface area contributed by atoms with Crippen LogP contribution in [0.2, 0.25) is 0 Å². The molecule has 4 aromatic rings. The molecule has 148 valence electrons. The zero-order valence-corrected chi connectivity index (χ0v) is 16.5. The highest BCUT2D eigenvalue weighted by atomic mass is 16.5. The number of ether oxygens (including phenoxy) is 2. The maximum atomic E-state index is 12.7. The standard InChI is InChI=1S/C26H20O4/c1-18(27)30-25-8-4-7-23(16-25)26(28)21-11-13-24(14-12-21)29-17-19-9-10-20-5-2-3-6-22(20)15-19/h2-16H,17H2,1H3. The van der Waals surface area contributed by atoms with E-state index >= 15 is 0 Å². The van der Waals surface area contributed by atoms with Crippen molar-refractivity contribution in [3.05, 3.63) is 108 Å². The summed E-state index contributed by atoms with van der Waals surface area (Å²) >= 11 is 0. The van der Waals surface area contributed by atoms with Crippen LogP contribution in [0, 0.1) is 0 Å². The van der Waals surface area contributed by atoms with E-state index < -0.39 is 5.97 Å². The maximum absolute atomic E-state index is 12.7. The maximum Gasteiger partial charge on any atom is 0.308 e. The number of carbonyl (C=O) groups is 2. The van der Waals surface area contributed by atoms with Gasteiger partial charge in [-0.05, 0) is 58.8 Å². The number of hydrogen-bond acceptors (Lipinski definition) is 4. The first-order chi connectivity index (χ1) is 14.6. The molecule has 4 nitrogen and oxygen atoms in total. The quantitative estimate of drug-likeness (QED) is 0.243. The van der Waals surface area contributed by atoms with Crippen molar-refractivity contribution in [2.75, 3.05) is 0 Å². The van der Waals surface area contributed by atoms with Crippen LogP contribution in [0.25, 0.3) is 10.8 Å². The zero-order chi connectivity index (χ0) is 20.9. The molecule has 0 saturated carbocycles. The Balaban J connectivity index is 1.43. The molecule has 0 fully saturated rings. The van der Waals surface area contributed by atoms with E-state index in [4.69, 9.17) is 9.47 Å². The van der Waals surface area contributed by atoms with E-state index in [1.165, 1.54) is 17.7 Å². The van der Waals surface area contributed by atoms with Crippen LogP contribution in [-0.2, 0) is 11.4 Å². The molecule has 0 saturated heterocycles. The Kier molecular flexibility index (Phi) is 5.57. The molecule has 0 radical (unpaired) electrons. The number of ketones is 1. The molecule has 4 heteroatoms. The van der Waals surface area contributed by atoms with Gasteiger partial charge < -0.3 is 9.47 Å². The molecule has 4 aromatic carbocycles. The summed E-state index contributed by atoms with van der Waals surface area (Å²) in [6, 6.07) is 28.1. The van der Waals surface area contributed by atoms with Gasteiger partial charge in [0.25, 0.3) is 0 Å². The van der Waals surface area contributed by atoms with Gasteiger partial charge in [0, 0.05) is 18.1 Å². The Morgan fingerprint density at radius 3 is 2.23 bits per heavy atom. The van der Waals surface area contributed by atoms with E-state index in [0.29, 0.717) is 29.2 Å². The Morgan fingerprint density at radius 2 is 1.47 bits per heavy atom. The predicted octanol–water partition coefficient (Wildman–Crippen LogP) is 5.58. The zero-order valence-electron chi connectivity index (χ0n) is 16.5. The summed E-state index contributed by atoms with van der Waals surface area (Å²) < 4.78 is 10.9. The third kappa shape index (κ3) is 4.55. The van der Waals surface area contributed by atoms with Crippen molar-refractivity contribution in [1.29, 1.82) is 0 Å². The first-order valence-corrected chi connectivity index (χ1v) is 9.62. The normalized spacial score (nSPS) is 10.6. The minimum Gasteiger partial charge on any atom is -0.489 e. The molecular formula is C26H20O4. The van der Waals surface area contributed by atoms with Crippen molar-refractivity contribution in [2.24, 2.45) is 0 Å². The fourth-order valence-corrected chi connectivity index (χ4v) is 3.23. The highest BCUT2D eigenvalue weighted by Gasteiger charge is 2.11. The summed E-state index contributed by atoms with van der Waals surface area (Å²) in [5.41, 5.74) is 2.07. The van der Waals surface area contributed by atoms with E-state index in [2.05, 4.69) is 30.3 Å². The Morgan fingerprint density at radius 1 is 0.700 bits per heavy atom. The lowest BCUT2D eigenvalue weighted by molar-refractivity contribution is -0.131. The summed E-state index contributed by atoms with van der Waals surface area (Å²) in [5, 5.41) is 2.37. The molecule has 0 unspecified atom stereocenters. The van der Waals surface area contributed by atoms with Crippen molar-refractivity contribution >= 4 is 22.5 Å². The minimum absolute atomic E-state index is 0.148. The minimum atomic E-state index is -0.424. The second-order valence-corrected chi connectivity index (χ2v) is 6.95. The van der Waals surface area contributed by atoms with E-state index in [9.17, 15) is 9.59 Å². The molecule has 0 aliphatic heterocycles. The third-order valence-corrected chi connectivity index (χ3v) is 4.69. The first kappa shape index (κ1) is 19.4. The molecule has 0 amide bonds. The highest BCUT2D eigenvalue weighted by Crippen LogP contribution is 2.21. The van der Waals surface area contributed by atoms with Crippen LogP contribution in [0.3, 0.4) is 0 Å². The largest absolute Gasteiger partial charge is 0.489 e. The van der Waals surface area contributed by atoms with Gasteiger partial charge in [-0.15, -0.1) is 0 Å². The highest BCUT2D eigenvalue weighted by molar-refractivity contribution is 6.09. The molecule has 30 heavy (non-hydrogen) atoms. The lowest BCUT2D eigenvalue weighted by Crippen LogP contribution is -2.05. The van der Waals surface area contributed by atoms with Gasteiger partial charge in [-0.2, -0.15) is 0 Å². The van der Waals surface area contributed by atoms with Crippen LogP contribution in [0.4, 0.5) is 0 Å². The number of fused-ring (bicyclic) bond motifs is 1. The van der Waals surface area contributed by atoms with E-state index in [-0.39, 0.29) is 5.78 Å². The fourth-order valence-electron chi connectivity index (χ4n) is 3.23. The molecule has 0 spiro atoms. The number of benzene rings is 4. The second-order valence-electron chi connectivity index (χ2n) is 6.95. The summed E-state index contributed by atoms with van der Waals surface area (Å²) in [6.07, 6.45) is 0. The topological polar surface area (TPSA) is 52.6 Å². The number of carbonyl (C=O) groups excluding carboxylic acids is 2. The van der Waals surface area contributed by atoms with Crippen molar-refractivity contribution in [3.63, 3.8) is 0 Å². The lowest BCUT2D eigenvalue weighted by atomic mass is 10.0. The van der Waals surface area contributed by atoms with Gasteiger partial charge in [-0.25, -0.2) is 0 Å². The average Bonchev–Trinajstić information content (AvgIpc) is 2.77. The fraction of sp³-hybridized carbons (Fsp3) is 0.0769. The number of esters is 1. The van der Waals surface area contributed by atoms with Gasteiger partial charge in [-0.3, -0.25) is 9.59 Å². The van der Waals surface area contributed by atoms with Gasteiger partial charge in [0.05, 0.1) is 0 Å². The second kappa shape index (κ2) is 8.62. The average molecular weight is 396 g/mol. The van der Waals surface area contributed by atoms with E-state index in [1.807, 2.05) is 12.1 Å². The van der Waals surface area contributed by atoms with E-state index in [0.717, 1.165) is 5.56 Å². The lowest BCUT2D eigenvalue weighted by Gasteiger charge is -2.09. The molecule has 0 atom stereocenters. The van der Waals surface area contributed by atoms with Crippen LogP contribution in [0.1, 0.15) is 28.4 Å². The molecule has 0 aliphatic rings. The summed E-state index contributed by atoms with van der Waals surface area (Å²) in [4.78, 5) is 23.8. The van der Waals surface area contributed by atoms with Crippen molar-refractivity contribution in [3.8, 4) is 11.5 Å². The van der Waals surface area contributed by atoms with Gasteiger partial charge in [0.15, 0.2) is 5.78 Å². The monoisotopic (exact) mass is 396 g/mol. The Bertz CT molecular complexity index is 1210.